The minimum Gasteiger partial charge on any atom is -0.493 e. The Morgan fingerprint density at radius 2 is 2.05 bits per heavy atom. The molecule has 1 amide bonds. The number of methoxy groups -OCH3 is 1. The van der Waals surface area contributed by atoms with Crippen LogP contribution in [0.25, 0.3) is 0 Å². The van der Waals surface area contributed by atoms with Crippen molar-refractivity contribution in [1.82, 2.24) is 4.90 Å². The van der Waals surface area contributed by atoms with Crippen LogP contribution in [0.3, 0.4) is 0 Å². The average molecular weight is 305 g/mol. The van der Waals surface area contributed by atoms with Crippen molar-refractivity contribution in [2.24, 2.45) is 5.92 Å². The number of nitrogens with zero attached hydrogens (tertiary/aromatic N) is 1. The van der Waals surface area contributed by atoms with Crippen molar-refractivity contribution < 1.29 is 19.4 Å². The highest BCUT2D eigenvalue weighted by molar-refractivity contribution is 5.94. The first-order chi connectivity index (χ1) is 10.7. The van der Waals surface area contributed by atoms with Crippen molar-refractivity contribution in [3.8, 4) is 5.75 Å². The summed E-state index contributed by atoms with van der Waals surface area (Å²) in [6.07, 6.45) is 3.20. The lowest BCUT2D eigenvalue weighted by molar-refractivity contribution is 0.0648. The van der Waals surface area contributed by atoms with Gasteiger partial charge in [0, 0.05) is 19.2 Å². The highest BCUT2D eigenvalue weighted by Gasteiger charge is 2.35. The van der Waals surface area contributed by atoms with Gasteiger partial charge in [-0.25, -0.2) is 0 Å². The Morgan fingerprint density at radius 3 is 2.64 bits per heavy atom. The molecule has 1 saturated carbocycles. The van der Waals surface area contributed by atoms with E-state index < -0.39 is 0 Å². The highest BCUT2D eigenvalue weighted by Crippen LogP contribution is 2.29. The molecule has 2 aliphatic rings. The second-order valence-corrected chi connectivity index (χ2v) is 6.17. The summed E-state index contributed by atoms with van der Waals surface area (Å²) in [5.74, 6) is 1.45. The molecule has 1 heterocycles. The van der Waals surface area contributed by atoms with Gasteiger partial charge in [0.1, 0.15) is 5.75 Å². The van der Waals surface area contributed by atoms with Gasteiger partial charge in [-0.2, -0.15) is 0 Å². The molecule has 1 aromatic carbocycles. The van der Waals surface area contributed by atoms with E-state index in [1.54, 1.807) is 24.1 Å². The average Bonchev–Trinajstić information content (AvgIpc) is 3.29. The van der Waals surface area contributed by atoms with Crippen molar-refractivity contribution in [3.05, 3.63) is 29.8 Å². The van der Waals surface area contributed by atoms with Gasteiger partial charge in [-0.05, 0) is 49.4 Å². The molecule has 0 unspecified atom stereocenters. The number of hydrogen-bond acceptors (Lipinski definition) is 4. The molecule has 1 N–H and O–H groups in total. The van der Waals surface area contributed by atoms with E-state index in [2.05, 4.69) is 0 Å². The summed E-state index contributed by atoms with van der Waals surface area (Å²) >= 11 is 0. The monoisotopic (exact) mass is 305 g/mol. The second kappa shape index (κ2) is 6.67. The topological polar surface area (TPSA) is 59.0 Å². The van der Waals surface area contributed by atoms with Crippen molar-refractivity contribution in [3.63, 3.8) is 0 Å². The number of aliphatic hydroxyl groups is 1. The second-order valence-electron chi connectivity index (χ2n) is 6.17. The molecule has 1 aliphatic heterocycles. The van der Waals surface area contributed by atoms with Gasteiger partial charge in [-0.1, -0.05) is 0 Å². The van der Waals surface area contributed by atoms with Gasteiger partial charge in [-0.15, -0.1) is 0 Å². The maximum atomic E-state index is 12.6. The normalized spacial score (nSPS) is 24.5. The minimum absolute atomic E-state index is 0.00208. The lowest BCUT2D eigenvalue weighted by atomic mass is 10.1. The van der Waals surface area contributed by atoms with E-state index in [1.807, 2.05) is 12.1 Å². The predicted molar refractivity (Wildman–Crippen MR) is 82.0 cm³/mol. The molecule has 0 radical (unpaired) electrons. The fraction of sp³-hybridized carbons (Fsp3) is 0.588. The third kappa shape index (κ3) is 3.42. The lowest BCUT2D eigenvalue weighted by Gasteiger charge is -2.22. The Bertz CT molecular complexity index is 512. The highest BCUT2D eigenvalue weighted by atomic mass is 16.5. The molecule has 1 aromatic rings. The molecule has 5 heteroatoms. The summed E-state index contributed by atoms with van der Waals surface area (Å²) in [5.41, 5.74) is 0.619. The zero-order valence-corrected chi connectivity index (χ0v) is 12.9. The summed E-state index contributed by atoms with van der Waals surface area (Å²) in [4.78, 5) is 14.3. The summed E-state index contributed by atoms with van der Waals surface area (Å²) in [5, 5.41) is 9.45. The van der Waals surface area contributed by atoms with Crippen LogP contribution in [0.4, 0.5) is 0 Å². The molecule has 2 fully saturated rings. The van der Waals surface area contributed by atoms with Gasteiger partial charge in [0.15, 0.2) is 0 Å². The smallest absolute Gasteiger partial charge is 0.254 e. The number of ether oxygens (including phenoxy) is 2. The van der Waals surface area contributed by atoms with E-state index in [4.69, 9.17) is 9.47 Å². The number of hydrogen-bond donors (Lipinski definition) is 1. The molecular weight excluding hydrogens is 282 g/mol. The molecule has 22 heavy (non-hydrogen) atoms. The van der Waals surface area contributed by atoms with Crippen LogP contribution in [0.1, 0.15) is 29.6 Å². The van der Waals surface area contributed by atoms with Crippen molar-refractivity contribution in [1.29, 1.82) is 0 Å². The van der Waals surface area contributed by atoms with E-state index in [1.165, 1.54) is 12.8 Å². The van der Waals surface area contributed by atoms with E-state index in [9.17, 15) is 9.90 Å². The summed E-state index contributed by atoms with van der Waals surface area (Å²) < 4.78 is 11.0. The zero-order valence-electron chi connectivity index (χ0n) is 12.9. The predicted octanol–water partition coefficient (Wildman–Crippen LogP) is 1.70. The third-order valence-electron chi connectivity index (χ3n) is 4.46. The Morgan fingerprint density at radius 1 is 1.32 bits per heavy atom. The minimum atomic E-state index is -0.164. The fourth-order valence-corrected chi connectivity index (χ4v) is 2.82. The lowest BCUT2D eigenvalue weighted by Crippen LogP contribution is -2.38. The van der Waals surface area contributed by atoms with Gasteiger partial charge in [0.25, 0.3) is 5.91 Å². The van der Waals surface area contributed by atoms with Crippen LogP contribution < -0.4 is 4.74 Å². The van der Waals surface area contributed by atoms with E-state index >= 15 is 0 Å². The summed E-state index contributed by atoms with van der Waals surface area (Å²) in [7, 11) is 1.64. The van der Waals surface area contributed by atoms with Crippen molar-refractivity contribution in [2.75, 3.05) is 26.9 Å². The third-order valence-corrected chi connectivity index (χ3v) is 4.46. The summed E-state index contributed by atoms with van der Waals surface area (Å²) in [6.45, 7) is 1.26. The maximum absolute atomic E-state index is 12.6. The molecule has 5 nitrogen and oxygen atoms in total. The van der Waals surface area contributed by atoms with Crippen LogP contribution in [-0.4, -0.2) is 54.9 Å². The molecule has 0 aromatic heterocycles. The number of carbonyl (C=O) groups is 1. The maximum Gasteiger partial charge on any atom is 0.254 e. The number of likely N-dealkylation sites (tertiary alicyclic amines) is 1. The van der Waals surface area contributed by atoms with Gasteiger partial charge in [-0.3, -0.25) is 4.79 Å². The number of carbonyl (C=O) groups excluding carboxylic acids is 1. The Hall–Kier alpha value is -1.59. The van der Waals surface area contributed by atoms with Crippen LogP contribution >= 0.6 is 0 Å². The number of rotatable bonds is 6. The first-order valence-electron chi connectivity index (χ1n) is 7.88. The molecule has 1 aliphatic carbocycles. The Kier molecular flexibility index (Phi) is 4.64. The molecule has 120 valence electrons. The quantitative estimate of drug-likeness (QED) is 0.869. The number of benzene rings is 1. The first-order valence-corrected chi connectivity index (χ1v) is 7.88. The van der Waals surface area contributed by atoms with E-state index in [-0.39, 0.29) is 24.7 Å². The molecular formula is C17H23NO4. The van der Waals surface area contributed by atoms with Crippen LogP contribution in [-0.2, 0) is 4.74 Å². The van der Waals surface area contributed by atoms with Crippen LogP contribution in [0.2, 0.25) is 0 Å². The Balaban J connectivity index is 1.63. The van der Waals surface area contributed by atoms with Gasteiger partial charge < -0.3 is 19.5 Å². The Labute approximate surface area is 130 Å². The standard InChI is InChI=1S/C17H23NO4/c1-21-16-8-14(10-19)18(9-16)17(20)13-4-6-15(7-5-13)22-11-12-2-3-12/h4-7,12,14,16,19H,2-3,8-11H2,1H3/t14-,16-/m0/s1. The number of aliphatic hydroxyl groups excluding tert-OH is 1. The van der Waals surface area contributed by atoms with Gasteiger partial charge >= 0.3 is 0 Å². The van der Waals surface area contributed by atoms with Crippen LogP contribution in [0.15, 0.2) is 24.3 Å². The van der Waals surface area contributed by atoms with Gasteiger partial charge in [0.2, 0.25) is 0 Å². The molecule has 3 rings (SSSR count). The SMILES string of the molecule is CO[C@H]1C[C@@H](CO)N(C(=O)c2ccc(OCC3CC3)cc2)C1. The van der Waals surface area contributed by atoms with E-state index in [0.717, 1.165) is 12.4 Å². The van der Waals surface area contributed by atoms with E-state index in [0.29, 0.717) is 24.4 Å². The molecule has 1 saturated heterocycles. The number of amides is 1. The molecule has 0 bridgehead atoms. The largest absolute Gasteiger partial charge is 0.493 e. The zero-order chi connectivity index (χ0) is 15.5. The fourth-order valence-electron chi connectivity index (χ4n) is 2.82. The van der Waals surface area contributed by atoms with Crippen molar-refractivity contribution in [2.45, 2.75) is 31.4 Å². The summed E-state index contributed by atoms with van der Waals surface area (Å²) in [6, 6.07) is 7.10. The van der Waals surface area contributed by atoms with Crippen LogP contribution in [0.5, 0.6) is 5.75 Å². The molecule has 0 spiro atoms. The van der Waals surface area contributed by atoms with Gasteiger partial charge in [0.05, 0.1) is 25.4 Å². The molecule has 2 atom stereocenters. The first kappa shape index (κ1) is 15.3. The van der Waals surface area contributed by atoms with Crippen molar-refractivity contribution >= 4 is 5.91 Å². The van der Waals surface area contributed by atoms with Crippen LogP contribution in [0, 0.1) is 5.92 Å².